The van der Waals surface area contributed by atoms with E-state index in [1.165, 1.54) is 11.3 Å². The monoisotopic (exact) mass is 349 g/mol. The quantitative estimate of drug-likeness (QED) is 0.578. The highest BCUT2D eigenvalue weighted by molar-refractivity contribution is 7.15. The van der Waals surface area contributed by atoms with Gasteiger partial charge in [-0.15, -0.1) is 11.3 Å². The molecule has 0 saturated heterocycles. The summed E-state index contributed by atoms with van der Waals surface area (Å²) in [5.74, 6) is -2.42. The third kappa shape index (κ3) is 2.73. The van der Waals surface area contributed by atoms with E-state index in [2.05, 4.69) is 9.97 Å². The van der Waals surface area contributed by atoms with Gasteiger partial charge in [0, 0.05) is 17.3 Å². The van der Waals surface area contributed by atoms with Gasteiger partial charge < -0.3 is 9.67 Å². The Morgan fingerprint density at radius 3 is 2.65 bits per heavy atom. The Morgan fingerprint density at radius 1 is 1.30 bits per heavy atom. The lowest BCUT2D eigenvalue weighted by molar-refractivity contribution is -0.131. The molecule has 0 bridgehead atoms. The molecule has 0 spiro atoms. The first-order valence-electron chi connectivity index (χ1n) is 6.71. The zero-order valence-electron chi connectivity index (χ0n) is 12.3. The van der Waals surface area contributed by atoms with Crippen LogP contribution >= 0.6 is 22.9 Å². The average molecular weight is 350 g/mol. The van der Waals surface area contributed by atoms with Gasteiger partial charge in [-0.05, 0) is 25.5 Å². The molecule has 0 fully saturated rings. The topological polar surface area (TPSA) is 85.1 Å². The van der Waals surface area contributed by atoms with Gasteiger partial charge in [0.2, 0.25) is 0 Å². The Kier molecular flexibility index (Phi) is 3.91. The largest absolute Gasteiger partial charge is 0.475 e. The number of thiazole rings is 1. The Balaban J connectivity index is 2.23. The Labute approximate surface area is 140 Å². The van der Waals surface area contributed by atoms with Gasteiger partial charge in [-0.2, -0.15) is 0 Å². The van der Waals surface area contributed by atoms with Crippen LogP contribution in [0.2, 0.25) is 4.34 Å². The maximum absolute atomic E-state index is 12.1. The van der Waals surface area contributed by atoms with Crippen LogP contribution in [0.4, 0.5) is 0 Å². The number of aliphatic carboxylic acids is 1. The van der Waals surface area contributed by atoms with Gasteiger partial charge in [0.05, 0.1) is 18.3 Å². The van der Waals surface area contributed by atoms with Crippen LogP contribution in [0.25, 0.3) is 11.0 Å². The normalized spacial score (nSPS) is 11.1. The molecule has 0 radical (unpaired) electrons. The fourth-order valence-corrected chi connectivity index (χ4v) is 3.48. The molecule has 1 N–H and O–H groups in total. The number of carbonyl (C=O) groups is 2. The lowest BCUT2D eigenvalue weighted by Gasteiger charge is -2.05. The predicted octanol–water partition coefficient (Wildman–Crippen LogP) is 3.08. The third-order valence-corrected chi connectivity index (χ3v) is 4.63. The predicted molar refractivity (Wildman–Crippen MR) is 87.4 cm³/mol. The van der Waals surface area contributed by atoms with Gasteiger partial charge >= 0.3 is 5.97 Å². The number of hydrogen-bond acceptors (Lipinski definition) is 5. The number of ketones is 1. The minimum Gasteiger partial charge on any atom is -0.475 e. The van der Waals surface area contributed by atoms with E-state index in [1.807, 2.05) is 6.92 Å². The van der Waals surface area contributed by atoms with Gasteiger partial charge in [0.25, 0.3) is 5.78 Å². The number of rotatable bonds is 4. The van der Waals surface area contributed by atoms with Crippen molar-refractivity contribution in [3.8, 4) is 0 Å². The molecular formula is C15H12ClN3O3S. The van der Waals surface area contributed by atoms with Crippen molar-refractivity contribution in [2.75, 3.05) is 0 Å². The second kappa shape index (κ2) is 5.75. The molecule has 23 heavy (non-hydrogen) atoms. The zero-order valence-corrected chi connectivity index (χ0v) is 13.9. The summed E-state index contributed by atoms with van der Waals surface area (Å²) in [5.41, 5.74) is 2.14. The molecule has 3 aromatic heterocycles. The van der Waals surface area contributed by atoms with Crippen molar-refractivity contribution in [1.82, 2.24) is 14.5 Å². The summed E-state index contributed by atoms with van der Waals surface area (Å²) in [6.45, 7) is 3.93. The number of fused-ring (bicyclic) bond motifs is 1. The molecule has 0 atom stereocenters. The smallest absolute Gasteiger partial charge is 0.377 e. The van der Waals surface area contributed by atoms with Crippen LogP contribution in [-0.2, 0) is 11.3 Å². The number of carbonyl (C=O) groups excluding carboxylic acids is 1. The second-order valence-electron chi connectivity index (χ2n) is 5.12. The van der Waals surface area contributed by atoms with E-state index in [0.717, 1.165) is 10.6 Å². The van der Waals surface area contributed by atoms with E-state index in [-0.39, 0.29) is 5.56 Å². The lowest BCUT2D eigenvalue weighted by atomic mass is 10.1. The van der Waals surface area contributed by atoms with Crippen molar-refractivity contribution >= 4 is 45.7 Å². The van der Waals surface area contributed by atoms with Crippen molar-refractivity contribution in [2.45, 2.75) is 20.4 Å². The molecule has 0 saturated carbocycles. The summed E-state index contributed by atoms with van der Waals surface area (Å²) in [6.07, 6.45) is 3.24. The van der Waals surface area contributed by atoms with Crippen molar-refractivity contribution in [1.29, 1.82) is 0 Å². The van der Waals surface area contributed by atoms with Crippen LogP contribution in [0.15, 0.2) is 18.5 Å². The minimum absolute atomic E-state index is 0.173. The van der Waals surface area contributed by atoms with E-state index in [0.29, 0.717) is 27.6 Å². The molecular weight excluding hydrogens is 338 g/mol. The number of halogens is 1. The number of nitrogens with zero attached hydrogens (tertiary/aromatic N) is 3. The Morgan fingerprint density at radius 2 is 2.04 bits per heavy atom. The molecule has 8 heteroatoms. The van der Waals surface area contributed by atoms with Gasteiger partial charge in [0.15, 0.2) is 0 Å². The molecule has 0 aliphatic carbocycles. The van der Waals surface area contributed by atoms with E-state index in [9.17, 15) is 9.59 Å². The average Bonchev–Trinajstić information content (AvgIpc) is 3.01. The summed E-state index contributed by atoms with van der Waals surface area (Å²) in [5, 5.41) is 10.4. The first-order valence-corrected chi connectivity index (χ1v) is 7.91. The summed E-state index contributed by atoms with van der Waals surface area (Å²) in [6, 6.07) is 1.77. The molecule has 3 aromatic rings. The van der Waals surface area contributed by atoms with E-state index >= 15 is 0 Å². The molecule has 3 rings (SSSR count). The maximum atomic E-state index is 12.1. The summed E-state index contributed by atoms with van der Waals surface area (Å²) >= 11 is 7.23. The van der Waals surface area contributed by atoms with Crippen LogP contribution in [-0.4, -0.2) is 31.4 Å². The number of Topliss-reactive ketones (excluding diaryl/α,β-unsaturated/α-hetero) is 1. The van der Waals surface area contributed by atoms with E-state index in [1.54, 1.807) is 30.0 Å². The van der Waals surface area contributed by atoms with E-state index < -0.39 is 11.8 Å². The van der Waals surface area contributed by atoms with Crippen molar-refractivity contribution in [3.63, 3.8) is 0 Å². The number of hydrogen-bond donors (Lipinski definition) is 1. The SMILES string of the molecule is Cc1cnc2c(c1)c(C(=O)C(=O)O)c(C)n2Cc1ncc(Cl)s1. The van der Waals surface area contributed by atoms with Gasteiger partial charge in [0.1, 0.15) is 15.0 Å². The first-order chi connectivity index (χ1) is 10.9. The first kappa shape index (κ1) is 15.6. The maximum Gasteiger partial charge on any atom is 0.377 e. The molecule has 3 heterocycles. The fraction of sp³-hybridized carbons (Fsp3) is 0.200. The molecule has 118 valence electrons. The van der Waals surface area contributed by atoms with Crippen LogP contribution in [0.1, 0.15) is 26.6 Å². The van der Waals surface area contributed by atoms with Gasteiger partial charge in [-0.1, -0.05) is 11.6 Å². The Bertz CT molecular complexity index is 945. The number of carboxylic acids is 1. The highest BCUT2D eigenvalue weighted by Crippen LogP contribution is 2.28. The molecule has 0 aromatic carbocycles. The van der Waals surface area contributed by atoms with E-state index in [4.69, 9.17) is 16.7 Å². The summed E-state index contributed by atoms with van der Waals surface area (Å²) in [7, 11) is 0. The third-order valence-electron chi connectivity index (χ3n) is 3.54. The number of aryl methyl sites for hydroxylation is 1. The number of aromatic nitrogens is 3. The molecule has 0 amide bonds. The zero-order chi connectivity index (χ0) is 16.7. The molecule has 0 aliphatic heterocycles. The van der Waals surface area contributed by atoms with Crippen LogP contribution in [0.3, 0.4) is 0 Å². The Hall–Kier alpha value is -2.25. The van der Waals surface area contributed by atoms with Gasteiger partial charge in [-0.3, -0.25) is 4.79 Å². The van der Waals surface area contributed by atoms with Crippen LogP contribution in [0.5, 0.6) is 0 Å². The fourth-order valence-electron chi connectivity index (χ4n) is 2.53. The van der Waals surface area contributed by atoms with Crippen LogP contribution in [0, 0.1) is 13.8 Å². The highest BCUT2D eigenvalue weighted by Gasteiger charge is 2.25. The minimum atomic E-state index is -1.48. The lowest BCUT2D eigenvalue weighted by Crippen LogP contribution is -2.14. The van der Waals surface area contributed by atoms with Crippen molar-refractivity contribution in [2.24, 2.45) is 0 Å². The van der Waals surface area contributed by atoms with Crippen molar-refractivity contribution in [3.05, 3.63) is 44.6 Å². The number of carboxylic acid groups (broad SMARTS) is 1. The highest BCUT2D eigenvalue weighted by atomic mass is 35.5. The second-order valence-corrected chi connectivity index (χ2v) is 6.87. The van der Waals surface area contributed by atoms with Crippen LogP contribution < -0.4 is 0 Å². The molecule has 6 nitrogen and oxygen atoms in total. The number of pyridine rings is 1. The van der Waals surface area contributed by atoms with Gasteiger partial charge in [-0.25, -0.2) is 14.8 Å². The standard InChI is InChI=1S/C15H12ClN3O3S/c1-7-3-9-12(13(20)15(21)22)8(2)19(14(9)18-4-7)6-11-17-5-10(16)23-11/h3-5H,6H2,1-2H3,(H,21,22). The molecule has 0 unspecified atom stereocenters. The molecule has 0 aliphatic rings. The van der Waals surface area contributed by atoms with Crippen molar-refractivity contribution < 1.29 is 14.7 Å². The summed E-state index contributed by atoms with van der Waals surface area (Å²) in [4.78, 5) is 31.8. The summed E-state index contributed by atoms with van der Waals surface area (Å²) < 4.78 is 2.36.